The lowest BCUT2D eigenvalue weighted by Crippen LogP contribution is -2.22. The highest BCUT2D eigenvalue weighted by Gasteiger charge is 2.22. The van der Waals surface area contributed by atoms with E-state index in [0.29, 0.717) is 5.75 Å². The van der Waals surface area contributed by atoms with E-state index in [1.165, 1.54) is 0 Å². The minimum Gasteiger partial charge on any atom is -0.497 e. The molecule has 1 N–H and O–H groups in total. The Hall–Kier alpha value is -1.84. The number of carbonyl (C=O) groups is 1. The zero-order chi connectivity index (χ0) is 11.0. The highest BCUT2D eigenvalue weighted by atomic mass is 16.5. The molecule has 0 amide bonds. The summed E-state index contributed by atoms with van der Waals surface area (Å²) in [6.07, 6.45) is 0. The number of hydrogen-bond acceptors (Lipinski definition) is 3. The van der Waals surface area contributed by atoms with E-state index in [4.69, 9.17) is 9.84 Å². The quantitative estimate of drug-likeness (QED) is 0.736. The van der Waals surface area contributed by atoms with Crippen LogP contribution in [0, 0.1) is 0 Å². The van der Waals surface area contributed by atoms with Crippen LogP contribution in [-0.4, -0.2) is 24.2 Å². The number of carboxylic acids is 1. The molecule has 4 heteroatoms. The van der Waals surface area contributed by atoms with Gasteiger partial charge < -0.3 is 9.84 Å². The summed E-state index contributed by atoms with van der Waals surface area (Å²) < 4.78 is 5.08. The van der Waals surface area contributed by atoms with Gasteiger partial charge >= 0.3 is 5.97 Å². The fourth-order valence-electron chi connectivity index (χ4n) is 1.69. The first kappa shape index (κ1) is 9.71. The van der Waals surface area contributed by atoms with Crippen LogP contribution in [0.25, 0.3) is 5.57 Å². The van der Waals surface area contributed by atoms with Crippen molar-refractivity contribution in [3.63, 3.8) is 0 Å². The second kappa shape index (κ2) is 3.38. The van der Waals surface area contributed by atoms with Crippen LogP contribution in [0.4, 0.5) is 0 Å². The minimum absolute atomic E-state index is 0.717. The van der Waals surface area contributed by atoms with Crippen molar-refractivity contribution >= 4 is 11.5 Å². The smallest absolute Gasteiger partial charge is 0.332 e. The Morgan fingerprint density at radius 2 is 2.27 bits per heavy atom. The molecule has 0 bridgehead atoms. The fraction of sp³-hybridized carbons (Fsp3) is 0.273. The van der Waals surface area contributed by atoms with Crippen LogP contribution < -0.4 is 15.3 Å². The van der Waals surface area contributed by atoms with Gasteiger partial charge in [0, 0.05) is 5.22 Å². The Labute approximate surface area is 86.5 Å². The third-order valence-electron chi connectivity index (χ3n) is 2.54. The van der Waals surface area contributed by atoms with Crippen molar-refractivity contribution in [3.8, 4) is 5.75 Å². The normalized spacial score (nSPS) is 18.3. The molecule has 0 fully saturated rings. The lowest BCUT2D eigenvalue weighted by atomic mass is 10.1. The third-order valence-corrected chi connectivity index (χ3v) is 2.54. The number of nitrogens with zero attached hydrogens (tertiary/aromatic N) is 1. The van der Waals surface area contributed by atoms with Gasteiger partial charge in [0.15, 0.2) is 6.04 Å². The van der Waals surface area contributed by atoms with E-state index in [2.05, 4.69) is 4.99 Å². The van der Waals surface area contributed by atoms with E-state index in [9.17, 15) is 4.79 Å². The molecule has 4 nitrogen and oxygen atoms in total. The predicted molar refractivity (Wildman–Crippen MR) is 54.3 cm³/mol. The molecule has 78 valence electrons. The molecule has 0 saturated heterocycles. The molecule has 1 aliphatic rings. The summed E-state index contributed by atoms with van der Waals surface area (Å²) in [5.74, 6) is -0.197. The number of benzene rings is 1. The predicted octanol–water partition coefficient (Wildman–Crippen LogP) is -0.0478. The summed E-state index contributed by atoms with van der Waals surface area (Å²) in [6.45, 7) is 1.79. The first-order valence-electron chi connectivity index (χ1n) is 4.59. The van der Waals surface area contributed by atoms with Gasteiger partial charge in [-0.15, -0.1) is 0 Å². The molecule has 0 spiro atoms. The molecule has 1 heterocycles. The number of rotatable bonds is 2. The second-order valence-electron chi connectivity index (χ2n) is 3.44. The molecule has 0 saturated carbocycles. The summed E-state index contributed by atoms with van der Waals surface area (Å²) >= 11 is 0. The molecular formula is C11H11NO3. The summed E-state index contributed by atoms with van der Waals surface area (Å²) in [7, 11) is 1.58. The number of hydrogen-bond donors (Lipinski definition) is 1. The number of fused-ring (bicyclic) bond motifs is 1. The van der Waals surface area contributed by atoms with Crippen LogP contribution in [-0.2, 0) is 4.79 Å². The van der Waals surface area contributed by atoms with Crippen molar-refractivity contribution in [1.29, 1.82) is 0 Å². The lowest BCUT2D eigenvalue weighted by Gasteiger charge is -2.01. The minimum atomic E-state index is -0.914. The van der Waals surface area contributed by atoms with E-state index < -0.39 is 12.0 Å². The Morgan fingerprint density at radius 1 is 1.53 bits per heavy atom. The fourth-order valence-corrected chi connectivity index (χ4v) is 1.69. The first-order valence-corrected chi connectivity index (χ1v) is 4.59. The van der Waals surface area contributed by atoms with Crippen molar-refractivity contribution in [1.82, 2.24) is 0 Å². The van der Waals surface area contributed by atoms with E-state index in [1.54, 1.807) is 26.2 Å². The van der Waals surface area contributed by atoms with Crippen molar-refractivity contribution < 1.29 is 14.6 Å². The zero-order valence-corrected chi connectivity index (χ0v) is 8.52. The van der Waals surface area contributed by atoms with E-state index in [1.807, 2.05) is 6.07 Å². The molecule has 0 aliphatic carbocycles. The molecule has 2 rings (SSSR count). The maximum atomic E-state index is 10.9. The van der Waals surface area contributed by atoms with Crippen LogP contribution in [0.15, 0.2) is 23.2 Å². The average Bonchev–Trinajstić information content (AvgIpc) is 2.56. The molecule has 1 aromatic rings. The summed E-state index contributed by atoms with van der Waals surface area (Å²) in [4.78, 5) is 15.0. The topological polar surface area (TPSA) is 58.9 Å². The summed E-state index contributed by atoms with van der Waals surface area (Å²) in [5.41, 5.74) is 0.761. The highest BCUT2D eigenvalue weighted by molar-refractivity contribution is 5.86. The van der Waals surface area contributed by atoms with Gasteiger partial charge in [-0.25, -0.2) is 4.79 Å². The van der Waals surface area contributed by atoms with Crippen molar-refractivity contribution in [2.24, 2.45) is 4.99 Å². The maximum Gasteiger partial charge on any atom is 0.332 e. The Kier molecular flexibility index (Phi) is 2.19. The monoisotopic (exact) mass is 205 g/mol. The lowest BCUT2D eigenvalue weighted by molar-refractivity contribution is -0.137. The maximum absolute atomic E-state index is 10.9. The highest BCUT2D eigenvalue weighted by Crippen LogP contribution is 2.11. The van der Waals surface area contributed by atoms with Gasteiger partial charge in [0.2, 0.25) is 0 Å². The number of methoxy groups -OCH3 is 1. The molecular weight excluding hydrogens is 194 g/mol. The van der Waals surface area contributed by atoms with Gasteiger partial charge in [-0.2, -0.15) is 0 Å². The van der Waals surface area contributed by atoms with E-state index in [0.717, 1.165) is 16.1 Å². The van der Waals surface area contributed by atoms with Crippen molar-refractivity contribution in [3.05, 3.63) is 28.8 Å². The zero-order valence-electron chi connectivity index (χ0n) is 8.52. The molecule has 0 radical (unpaired) electrons. The van der Waals surface area contributed by atoms with Crippen LogP contribution >= 0.6 is 0 Å². The Bertz CT molecular complexity index is 533. The molecule has 1 aliphatic heterocycles. The average molecular weight is 205 g/mol. The Balaban J connectivity index is 2.66. The SMILES string of the molecule is COc1ccc2c(c1)=C(C)C(C(=O)O)N=2. The second-order valence-corrected chi connectivity index (χ2v) is 3.44. The molecule has 1 atom stereocenters. The summed E-state index contributed by atoms with van der Waals surface area (Å²) in [6, 6.07) is 4.63. The third kappa shape index (κ3) is 1.48. The van der Waals surface area contributed by atoms with Crippen molar-refractivity contribution in [2.75, 3.05) is 7.11 Å². The summed E-state index contributed by atoms with van der Waals surface area (Å²) in [5, 5.41) is 10.5. The van der Waals surface area contributed by atoms with E-state index in [-0.39, 0.29) is 0 Å². The van der Waals surface area contributed by atoms with Crippen LogP contribution in [0.5, 0.6) is 5.75 Å². The standard InChI is InChI=1S/C11H11NO3/c1-6-8-5-7(15-2)3-4-9(8)12-10(6)11(13)14/h3-5,10H,1-2H3,(H,13,14). The molecule has 1 unspecified atom stereocenters. The van der Waals surface area contributed by atoms with Gasteiger partial charge in [-0.1, -0.05) is 0 Å². The van der Waals surface area contributed by atoms with Crippen LogP contribution in [0.1, 0.15) is 6.92 Å². The van der Waals surface area contributed by atoms with Gasteiger partial charge in [0.05, 0.1) is 12.5 Å². The van der Waals surface area contributed by atoms with E-state index >= 15 is 0 Å². The largest absolute Gasteiger partial charge is 0.497 e. The molecule has 15 heavy (non-hydrogen) atoms. The Morgan fingerprint density at radius 3 is 2.87 bits per heavy atom. The molecule has 0 aromatic heterocycles. The van der Waals surface area contributed by atoms with Crippen LogP contribution in [0.2, 0.25) is 0 Å². The number of carboxylic acid groups (broad SMARTS) is 1. The van der Waals surface area contributed by atoms with Gasteiger partial charge in [0.25, 0.3) is 0 Å². The first-order chi connectivity index (χ1) is 7.13. The number of ether oxygens (including phenoxy) is 1. The number of aliphatic carboxylic acids is 1. The van der Waals surface area contributed by atoms with Gasteiger partial charge in [-0.3, -0.25) is 4.99 Å². The van der Waals surface area contributed by atoms with Gasteiger partial charge in [0.1, 0.15) is 5.75 Å². The van der Waals surface area contributed by atoms with Crippen molar-refractivity contribution in [2.45, 2.75) is 13.0 Å². The van der Waals surface area contributed by atoms with Gasteiger partial charge in [-0.05, 0) is 30.7 Å². The van der Waals surface area contributed by atoms with Crippen LogP contribution in [0.3, 0.4) is 0 Å². The molecule has 1 aromatic carbocycles.